The number of aliphatic carboxylic acids is 1. The molecule has 2 N–H and O–H groups in total. The topological polar surface area (TPSA) is 85.2 Å². The first-order chi connectivity index (χ1) is 18.7. The second-order valence-corrected chi connectivity index (χ2v) is 14.8. The Hall–Kier alpha value is -3.07. The molecule has 0 saturated carbocycles. The average Bonchev–Trinajstić information content (AvgIpc) is 2.93. The van der Waals surface area contributed by atoms with Crippen molar-refractivity contribution in [1.82, 2.24) is 0 Å². The van der Waals surface area contributed by atoms with E-state index in [0.717, 1.165) is 15.9 Å². The van der Waals surface area contributed by atoms with Gasteiger partial charge in [-0.25, -0.2) is 4.79 Å². The molecule has 0 heterocycles. The molecular weight excluding hydrogens is 508 g/mol. The van der Waals surface area contributed by atoms with Gasteiger partial charge in [0.2, 0.25) is 0 Å². The molecule has 3 rings (SSSR count). The van der Waals surface area contributed by atoms with E-state index in [1.807, 2.05) is 66.7 Å². The molecule has 0 aliphatic carbocycles. The number of hydrogen-bond acceptors (Lipinski definition) is 5. The number of hydrogen-bond donors (Lipinski definition) is 2. The van der Waals surface area contributed by atoms with Gasteiger partial charge in [-0.2, -0.15) is 0 Å². The maximum atomic E-state index is 11.6. The molecule has 0 unspecified atom stereocenters. The van der Waals surface area contributed by atoms with E-state index in [2.05, 4.69) is 45.0 Å². The van der Waals surface area contributed by atoms with Crippen molar-refractivity contribution in [3.63, 3.8) is 0 Å². The number of ether oxygens (including phenoxy) is 2. The largest absolute Gasteiger partial charge is 0.479 e. The molecule has 0 fully saturated rings. The Labute approximate surface area is 233 Å². The molecule has 0 aromatic heterocycles. The van der Waals surface area contributed by atoms with Gasteiger partial charge in [0, 0.05) is 6.42 Å². The Morgan fingerprint density at radius 1 is 0.846 bits per heavy atom. The van der Waals surface area contributed by atoms with Crippen molar-refractivity contribution in [2.24, 2.45) is 0 Å². The van der Waals surface area contributed by atoms with Crippen LogP contribution in [0, 0.1) is 0 Å². The fourth-order valence-corrected chi connectivity index (χ4v) is 9.23. The first-order valence-electron chi connectivity index (χ1n) is 13.3. The van der Waals surface area contributed by atoms with Gasteiger partial charge in [-0.05, 0) is 27.4 Å². The van der Waals surface area contributed by atoms with Crippen LogP contribution < -0.4 is 10.4 Å². The number of carboxylic acids is 1. The Bertz CT molecular complexity index is 1110. The van der Waals surface area contributed by atoms with Gasteiger partial charge in [-0.15, -0.1) is 0 Å². The van der Waals surface area contributed by atoms with Crippen LogP contribution >= 0.6 is 0 Å². The maximum Gasteiger partial charge on any atom is 0.333 e. The quantitative estimate of drug-likeness (QED) is 0.122. The molecule has 0 radical (unpaired) electrons. The zero-order chi connectivity index (χ0) is 28.1. The summed E-state index contributed by atoms with van der Waals surface area (Å²) in [5.74, 6) is -1.06. The minimum Gasteiger partial charge on any atom is -0.479 e. The second-order valence-electron chi connectivity index (χ2n) is 10.5. The van der Waals surface area contributed by atoms with E-state index < -0.39 is 26.5 Å². The summed E-state index contributed by atoms with van der Waals surface area (Å²) in [6, 6.07) is 30.2. The lowest BCUT2D eigenvalue weighted by Crippen LogP contribution is -2.67. The van der Waals surface area contributed by atoms with Gasteiger partial charge >= 0.3 is 5.97 Å². The lowest BCUT2D eigenvalue weighted by Gasteiger charge is -2.43. The summed E-state index contributed by atoms with van der Waals surface area (Å²) in [6.07, 6.45) is 2.26. The van der Waals surface area contributed by atoms with E-state index in [4.69, 9.17) is 13.9 Å². The van der Waals surface area contributed by atoms with Crippen molar-refractivity contribution in [2.75, 3.05) is 13.4 Å². The van der Waals surface area contributed by atoms with Crippen LogP contribution in [0.5, 0.6) is 0 Å². The highest BCUT2D eigenvalue weighted by Gasteiger charge is 2.50. The number of carboxylic acid groups (broad SMARTS) is 1. The van der Waals surface area contributed by atoms with Crippen LogP contribution in [0.25, 0.3) is 0 Å². The second kappa shape index (κ2) is 14.9. The molecule has 3 aromatic carbocycles. The minimum absolute atomic E-state index is 0.116. The summed E-state index contributed by atoms with van der Waals surface area (Å²) in [5, 5.41) is 22.4. The third kappa shape index (κ3) is 8.71. The lowest BCUT2D eigenvalue weighted by atomic mass is 10.2. The first kappa shape index (κ1) is 30.5. The highest BCUT2D eigenvalue weighted by Crippen LogP contribution is 2.36. The zero-order valence-electron chi connectivity index (χ0n) is 23.0. The van der Waals surface area contributed by atoms with E-state index >= 15 is 0 Å². The molecule has 0 amide bonds. The van der Waals surface area contributed by atoms with Crippen LogP contribution in [0.2, 0.25) is 5.04 Å². The van der Waals surface area contributed by atoms with Crippen LogP contribution in [-0.2, 0) is 25.3 Å². The normalized spacial score (nSPS) is 13.8. The third-order valence-corrected chi connectivity index (χ3v) is 11.6. The van der Waals surface area contributed by atoms with Gasteiger partial charge in [-0.3, -0.25) is 0 Å². The molecule has 0 aliphatic heterocycles. The first-order valence-corrected chi connectivity index (χ1v) is 15.2. The van der Waals surface area contributed by atoms with Gasteiger partial charge in [-0.1, -0.05) is 124 Å². The van der Waals surface area contributed by atoms with Crippen LogP contribution in [-0.4, -0.2) is 50.1 Å². The molecule has 7 heteroatoms. The summed E-state index contributed by atoms with van der Waals surface area (Å²) in [5.41, 5.74) is 0.988. The van der Waals surface area contributed by atoms with Crippen LogP contribution in [0.15, 0.2) is 103 Å². The van der Waals surface area contributed by atoms with E-state index in [1.54, 1.807) is 12.2 Å². The number of aliphatic hydroxyl groups excluding tert-OH is 1. The van der Waals surface area contributed by atoms with Gasteiger partial charge in [0.25, 0.3) is 8.32 Å². The molecule has 0 bridgehead atoms. The number of carbonyl (C=O) groups is 1. The van der Waals surface area contributed by atoms with Gasteiger partial charge < -0.3 is 24.1 Å². The standard InChI is InChI=1S/C32H40O6Si/c1-32(2,3)39(28-18-9-5-10-19-28,29-20-11-6-12-21-29)38-24-27(33)17-13-14-22-30(31(34)35)37-25-36-23-26-15-7-4-8-16-26/h4-16,18-21,27,30,33H,17,22-25H2,1-3H3,(H,34,35)/b14-13-/t27-,30-/m1/s1. The fraction of sp³-hybridized carbons (Fsp3) is 0.344. The number of benzene rings is 3. The van der Waals surface area contributed by atoms with E-state index in [-0.39, 0.29) is 24.9 Å². The summed E-state index contributed by atoms with van der Waals surface area (Å²) >= 11 is 0. The summed E-state index contributed by atoms with van der Waals surface area (Å²) < 4.78 is 17.6. The predicted molar refractivity (Wildman–Crippen MR) is 157 cm³/mol. The smallest absolute Gasteiger partial charge is 0.333 e. The molecular formula is C32H40O6Si. The van der Waals surface area contributed by atoms with E-state index in [1.165, 1.54) is 0 Å². The molecule has 39 heavy (non-hydrogen) atoms. The van der Waals surface area contributed by atoms with Gasteiger partial charge in [0.1, 0.15) is 6.79 Å². The van der Waals surface area contributed by atoms with Crippen molar-refractivity contribution >= 4 is 24.7 Å². The molecule has 2 atom stereocenters. The summed E-state index contributed by atoms with van der Waals surface area (Å²) in [6.45, 7) is 6.99. The number of aliphatic hydroxyl groups is 1. The Kier molecular flexibility index (Phi) is 11.6. The van der Waals surface area contributed by atoms with Crippen molar-refractivity contribution in [2.45, 2.75) is 57.5 Å². The summed E-state index contributed by atoms with van der Waals surface area (Å²) in [4.78, 5) is 11.6. The number of rotatable bonds is 15. The maximum absolute atomic E-state index is 11.6. The average molecular weight is 549 g/mol. The minimum atomic E-state index is -2.73. The van der Waals surface area contributed by atoms with Crippen LogP contribution in [0.3, 0.4) is 0 Å². The van der Waals surface area contributed by atoms with E-state index in [0.29, 0.717) is 13.0 Å². The van der Waals surface area contributed by atoms with Crippen molar-refractivity contribution in [3.8, 4) is 0 Å². The molecule has 0 saturated heterocycles. The van der Waals surface area contributed by atoms with Crippen LogP contribution in [0.4, 0.5) is 0 Å². The van der Waals surface area contributed by atoms with Crippen LogP contribution in [0.1, 0.15) is 39.2 Å². The summed E-state index contributed by atoms with van der Waals surface area (Å²) in [7, 11) is -2.73. The van der Waals surface area contributed by atoms with Crippen molar-refractivity contribution in [3.05, 3.63) is 109 Å². The Balaban J connectivity index is 1.57. The van der Waals surface area contributed by atoms with Gasteiger partial charge in [0.15, 0.2) is 6.10 Å². The van der Waals surface area contributed by atoms with Gasteiger partial charge in [0.05, 0.1) is 19.3 Å². The Morgan fingerprint density at radius 3 is 1.87 bits per heavy atom. The van der Waals surface area contributed by atoms with Crippen molar-refractivity contribution in [1.29, 1.82) is 0 Å². The molecule has 3 aromatic rings. The highest BCUT2D eigenvalue weighted by atomic mass is 28.4. The fourth-order valence-electron chi connectivity index (χ4n) is 4.63. The monoisotopic (exact) mass is 548 g/mol. The lowest BCUT2D eigenvalue weighted by molar-refractivity contribution is -0.161. The molecule has 208 valence electrons. The highest BCUT2D eigenvalue weighted by molar-refractivity contribution is 6.99. The third-order valence-electron chi connectivity index (χ3n) is 6.57. The molecule has 0 spiro atoms. The Morgan fingerprint density at radius 2 is 1.36 bits per heavy atom. The molecule has 0 aliphatic rings. The molecule has 6 nitrogen and oxygen atoms in total. The van der Waals surface area contributed by atoms with Crippen molar-refractivity contribution < 1.29 is 28.9 Å². The predicted octanol–water partition coefficient (Wildman–Crippen LogP) is 4.90. The van der Waals surface area contributed by atoms with E-state index in [9.17, 15) is 15.0 Å². The zero-order valence-corrected chi connectivity index (χ0v) is 24.0. The SMILES string of the molecule is CC(C)(C)[Si](OC[C@H](O)C/C=C\C[C@@H](OCOCc1ccccc1)C(=O)O)(c1ccccc1)c1ccccc1.